The summed E-state index contributed by atoms with van der Waals surface area (Å²) in [4.78, 5) is 27.2. The number of esters is 1. The minimum Gasteiger partial charge on any atom is -0.494 e. The molecule has 0 amide bonds. The summed E-state index contributed by atoms with van der Waals surface area (Å²) in [6.45, 7) is 4.05. The average molecular weight is 474 g/mol. The highest BCUT2D eigenvalue weighted by atomic mass is 19.1. The van der Waals surface area contributed by atoms with E-state index in [1.54, 1.807) is 37.3 Å². The summed E-state index contributed by atoms with van der Waals surface area (Å²) in [6, 6.07) is 11.4. The summed E-state index contributed by atoms with van der Waals surface area (Å²) in [5.74, 6) is -0.783. The Morgan fingerprint density at radius 3 is 2.29 bits per heavy atom. The lowest BCUT2D eigenvalue weighted by atomic mass is 10.0. The van der Waals surface area contributed by atoms with E-state index in [-0.39, 0.29) is 29.3 Å². The van der Waals surface area contributed by atoms with Crippen LogP contribution < -0.4 is 4.74 Å². The number of hydrogen-bond donors (Lipinski definition) is 0. The van der Waals surface area contributed by atoms with E-state index in [2.05, 4.69) is 15.5 Å². The zero-order valence-electron chi connectivity index (χ0n) is 19.8. The Bertz CT molecular complexity index is 1070. The molecule has 0 aliphatic rings. The summed E-state index contributed by atoms with van der Waals surface area (Å²) in [7, 11) is 3.93. The maximum absolute atomic E-state index is 14.7. The van der Waals surface area contributed by atoms with Crippen LogP contribution in [0.1, 0.15) is 37.0 Å². The molecule has 0 fully saturated rings. The van der Waals surface area contributed by atoms with Gasteiger partial charge in [-0.1, -0.05) is 46.7 Å². The van der Waals surface area contributed by atoms with Crippen molar-refractivity contribution >= 4 is 23.1 Å². The Morgan fingerprint density at radius 1 is 0.941 bits per heavy atom. The van der Waals surface area contributed by atoms with Gasteiger partial charge in [0, 0.05) is 22.8 Å². The summed E-state index contributed by atoms with van der Waals surface area (Å²) in [6.07, 6.45) is 0.810. The Labute approximate surface area is 197 Å². The molecule has 10 heteroatoms. The van der Waals surface area contributed by atoms with Crippen molar-refractivity contribution in [3.8, 4) is 5.75 Å². The van der Waals surface area contributed by atoms with Crippen LogP contribution in [0.5, 0.6) is 5.75 Å². The van der Waals surface area contributed by atoms with Gasteiger partial charge in [0.1, 0.15) is 43.8 Å². The second-order valence-corrected chi connectivity index (χ2v) is 6.83. The van der Waals surface area contributed by atoms with E-state index in [9.17, 15) is 9.18 Å². The number of nitrogens with zero attached hydrogens (tertiary/aromatic N) is 3. The second kappa shape index (κ2) is 13.6. The van der Waals surface area contributed by atoms with Crippen LogP contribution in [0.2, 0.25) is 0 Å². The molecule has 34 heavy (non-hydrogen) atoms. The molecular weight excluding hydrogens is 445 g/mol. The molecule has 0 spiro atoms. The Morgan fingerprint density at radius 2 is 1.65 bits per heavy atom. The number of carbonyl (C=O) groups is 1. The first-order valence-corrected chi connectivity index (χ1v) is 10.4. The van der Waals surface area contributed by atoms with E-state index in [1.807, 2.05) is 6.92 Å². The lowest BCUT2D eigenvalue weighted by Crippen LogP contribution is -2.19. The number of halogens is 1. The fourth-order valence-corrected chi connectivity index (χ4v) is 2.90. The molecule has 0 aliphatic heterocycles. The van der Waals surface area contributed by atoms with Gasteiger partial charge in [-0.25, -0.2) is 9.18 Å². The van der Waals surface area contributed by atoms with Crippen molar-refractivity contribution in [2.45, 2.75) is 26.9 Å². The average Bonchev–Trinajstić information content (AvgIpc) is 2.85. The lowest BCUT2D eigenvalue weighted by Gasteiger charge is -2.11. The molecule has 9 nitrogen and oxygen atoms in total. The molecule has 0 heterocycles. The summed E-state index contributed by atoms with van der Waals surface area (Å²) in [5, 5.41) is 11.7. The molecule has 0 saturated carbocycles. The number of oxime groups is 3. The molecule has 2 rings (SSSR count). The predicted molar refractivity (Wildman–Crippen MR) is 126 cm³/mol. The van der Waals surface area contributed by atoms with Crippen LogP contribution in [-0.2, 0) is 30.7 Å². The van der Waals surface area contributed by atoms with Crippen molar-refractivity contribution in [1.29, 1.82) is 0 Å². The number of ether oxygens (including phenoxy) is 2. The largest absolute Gasteiger partial charge is 0.494 e. The molecular formula is C24H28FN3O6. The summed E-state index contributed by atoms with van der Waals surface area (Å²) in [5.41, 5.74) is 1.67. The number of hydrogen-bond acceptors (Lipinski definition) is 9. The predicted octanol–water partition coefficient (Wildman–Crippen LogP) is 4.08. The van der Waals surface area contributed by atoms with E-state index >= 15 is 0 Å². The standard InChI is InChI=1S/C24H28FN3O6/c1-6-13-33-18-11-12-20(21(25)14-18)22(27-31-4)16(2)26-34-15-17-9-7-8-10-19(17)23(28-32-5)24(29)30-3/h7-12,14H,6,13,15H2,1-5H3. The third-order valence-corrected chi connectivity index (χ3v) is 4.45. The van der Waals surface area contributed by atoms with Gasteiger partial charge in [0.2, 0.25) is 0 Å². The van der Waals surface area contributed by atoms with E-state index in [0.717, 1.165) is 6.42 Å². The van der Waals surface area contributed by atoms with Crippen molar-refractivity contribution in [1.82, 2.24) is 0 Å². The van der Waals surface area contributed by atoms with Crippen molar-refractivity contribution in [2.24, 2.45) is 15.5 Å². The molecule has 0 atom stereocenters. The molecule has 0 unspecified atom stereocenters. The zero-order chi connectivity index (χ0) is 24.9. The Hall–Kier alpha value is -3.95. The number of rotatable bonds is 12. The minimum absolute atomic E-state index is 0.0141. The molecule has 0 bridgehead atoms. The third-order valence-electron chi connectivity index (χ3n) is 4.45. The van der Waals surface area contributed by atoms with Gasteiger partial charge >= 0.3 is 5.97 Å². The number of benzene rings is 2. The quantitative estimate of drug-likeness (QED) is 0.262. The van der Waals surface area contributed by atoms with Gasteiger partial charge in [-0.05, 0) is 25.5 Å². The fraction of sp³-hybridized carbons (Fsp3) is 0.333. The fourth-order valence-electron chi connectivity index (χ4n) is 2.90. The van der Waals surface area contributed by atoms with E-state index in [0.29, 0.717) is 23.5 Å². The molecule has 0 radical (unpaired) electrons. The molecule has 0 aliphatic carbocycles. The smallest absolute Gasteiger partial charge is 0.360 e. The SMILES string of the molecule is CCCOc1ccc(C(=NOC)C(C)=NOCc2ccccc2C(=NOC)C(=O)OC)c(F)c1. The van der Waals surface area contributed by atoms with Gasteiger partial charge in [0.15, 0.2) is 5.71 Å². The van der Waals surface area contributed by atoms with Crippen LogP contribution in [0, 0.1) is 5.82 Å². The third kappa shape index (κ3) is 7.03. The molecule has 0 aromatic heterocycles. The van der Waals surface area contributed by atoms with Gasteiger partial charge in [0.05, 0.1) is 13.7 Å². The molecule has 2 aromatic rings. The van der Waals surface area contributed by atoms with Gasteiger partial charge in [-0.2, -0.15) is 0 Å². The van der Waals surface area contributed by atoms with E-state index in [4.69, 9.17) is 24.0 Å². The second-order valence-electron chi connectivity index (χ2n) is 6.83. The van der Waals surface area contributed by atoms with E-state index < -0.39 is 11.8 Å². The van der Waals surface area contributed by atoms with Crippen LogP contribution in [0.15, 0.2) is 57.9 Å². The van der Waals surface area contributed by atoms with Crippen molar-refractivity contribution in [2.75, 3.05) is 27.9 Å². The summed E-state index contributed by atoms with van der Waals surface area (Å²) >= 11 is 0. The van der Waals surface area contributed by atoms with Crippen LogP contribution in [0.4, 0.5) is 4.39 Å². The highest BCUT2D eigenvalue weighted by Crippen LogP contribution is 2.19. The Balaban J connectivity index is 2.25. The minimum atomic E-state index is -0.662. The first kappa shape index (κ1) is 26.3. The molecule has 2 aromatic carbocycles. The number of carbonyl (C=O) groups excluding carboxylic acids is 1. The van der Waals surface area contributed by atoms with Crippen molar-refractivity contribution in [3.05, 3.63) is 65.0 Å². The maximum Gasteiger partial charge on any atom is 0.360 e. The number of methoxy groups -OCH3 is 1. The highest BCUT2D eigenvalue weighted by molar-refractivity contribution is 6.47. The molecule has 0 saturated heterocycles. The van der Waals surface area contributed by atoms with Crippen molar-refractivity contribution in [3.63, 3.8) is 0 Å². The van der Waals surface area contributed by atoms with Gasteiger partial charge in [-0.3, -0.25) is 0 Å². The van der Waals surface area contributed by atoms with Crippen LogP contribution >= 0.6 is 0 Å². The topological polar surface area (TPSA) is 100 Å². The molecule has 0 N–H and O–H groups in total. The van der Waals surface area contributed by atoms with Gasteiger partial charge in [-0.15, -0.1) is 0 Å². The van der Waals surface area contributed by atoms with Crippen molar-refractivity contribution < 1.29 is 33.2 Å². The normalized spacial score (nSPS) is 12.2. The monoisotopic (exact) mass is 473 g/mol. The van der Waals surface area contributed by atoms with Crippen LogP contribution in [0.25, 0.3) is 0 Å². The lowest BCUT2D eigenvalue weighted by molar-refractivity contribution is -0.132. The van der Waals surface area contributed by atoms with E-state index in [1.165, 1.54) is 33.5 Å². The van der Waals surface area contributed by atoms with Gasteiger partial charge in [0.25, 0.3) is 0 Å². The first-order chi connectivity index (χ1) is 16.5. The summed E-state index contributed by atoms with van der Waals surface area (Å²) < 4.78 is 25.0. The molecule has 182 valence electrons. The highest BCUT2D eigenvalue weighted by Gasteiger charge is 2.20. The zero-order valence-corrected chi connectivity index (χ0v) is 19.8. The Kier molecular flexibility index (Phi) is 10.5. The van der Waals surface area contributed by atoms with Crippen LogP contribution in [-0.4, -0.2) is 51.0 Å². The maximum atomic E-state index is 14.7. The van der Waals surface area contributed by atoms with Gasteiger partial charge < -0.3 is 24.0 Å². The first-order valence-electron chi connectivity index (χ1n) is 10.4. The van der Waals surface area contributed by atoms with Crippen LogP contribution in [0.3, 0.4) is 0 Å².